The fraction of sp³-hybridized carbons (Fsp3) is 0.263. The first-order valence-electron chi connectivity index (χ1n) is 7.96. The van der Waals surface area contributed by atoms with Gasteiger partial charge in [0.15, 0.2) is 0 Å². The third kappa shape index (κ3) is 4.57. The average Bonchev–Trinajstić information content (AvgIpc) is 2.63. The van der Waals surface area contributed by atoms with E-state index in [9.17, 15) is 14.0 Å². The Balaban J connectivity index is 2.42. The summed E-state index contributed by atoms with van der Waals surface area (Å²) in [6.45, 7) is 3.71. The normalized spacial score (nSPS) is 11.7. The maximum Gasteiger partial charge on any atom is 0.328 e. The summed E-state index contributed by atoms with van der Waals surface area (Å²) < 4.78 is 18.6. The van der Waals surface area contributed by atoms with Crippen LogP contribution in [0, 0.1) is 5.82 Å². The second kappa shape index (κ2) is 8.62. The number of anilines is 1. The third-order valence-electron chi connectivity index (χ3n) is 3.60. The molecule has 25 heavy (non-hydrogen) atoms. The number of hydrogen-bond acceptors (Lipinski definition) is 3. The Hall–Kier alpha value is -2.40. The Labute approximate surface area is 151 Å². The highest BCUT2D eigenvalue weighted by molar-refractivity contribution is 6.31. The van der Waals surface area contributed by atoms with Gasteiger partial charge in [0.2, 0.25) is 0 Å². The molecule has 0 N–H and O–H groups in total. The Morgan fingerprint density at radius 1 is 1.20 bits per heavy atom. The predicted octanol–water partition coefficient (Wildman–Crippen LogP) is 4.47. The van der Waals surface area contributed by atoms with Gasteiger partial charge in [-0.1, -0.05) is 36.7 Å². The number of ether oxygens (including phenoxy) is 1. The fourth-order valence-corrected chi connectivity index (χ4v) is 2.47. The Bertz CT molecular complexity index is 752. The Morgan fingerprint density at radius 2 is 1.88 bits per heavy atom. The van der Waals surface area contributed by atoms with E-state index in [1.54, 1.807) is 37.3 Å². The van der Waals surface area contributed by atoms with E-state index < -0.39 is 23.7 Å². The number of esters is 1. The van der Waals surface area contributed by atoms with Crippen molar-refractivity contribution in [1.29, 1.82) is 0 Å². The number of carbonyl (C=O) groups excluding carboxylic acids is 2. The highest BCUT2D eigenvalue weighted by atomic mass is 35.5. The molecule has 132 valence electrons. The summed E-state index contributed by atoms with van der Waals surface area (Å²) in [5.74, 6) is -1.53. The second-order valence-electron chi connectivity index (χ2n) is 5.48. The largest absolute Gasteiger partial charge is 0.464 e. The van der Waals surface area contributed by atoms with Crippen LogP contribution in [0.1, 0.15) is 30.6 Å². The highest BCUT2D eigenvalue weighted by Gasteiger charge is 2.29. The minimum Gasteiger partial charge on any atom is -0.464 e. The lowest BCUT2D eigenvalue weighted by Crippen LogP contribution is -2.44. The molecule has 0 saturated carbocycles. The van der Waals surface area contributed by atoms with Gasteiger partial charge < -0.3 is 4.74 Å². The van der Waals surface area contributed by atoms with Crippen LogP contribution in [0.2, 0.25) is 5.02 Å². The van der Waals surface area contributed by atoms with Gasteiger partial charge in [0, 0.05) is 11.3 Å². The van der Waals surface area contributed by atoms with Crippen molar-refractivity contribution < 1.29 is 18.7 Å². The van der Waals surface area contributed by atoms with Gasteiger partial charge in [-0.25, -0.2) is 9.18 Å². The lowest BCUT2D eigenvalue weighted by atomic mass is 10.1. The van der Waals surface area contributed by atoms with E-state index in [2.05, 4.69) is 0 Å². The first-order chi connectivity index (χ1) is 12.0. The molecule has 0 radical (unpaired) electrons. The van der Waals surface area contributed by atoms with Crippen molar-refractivity contribution in [3.8, 4) is 0 Å². The third-order valence-corrected chi connectivity index (χ3v) is 3.89. The Kier molecular flexibility index (Phi) is 6.53. The molecule has 6 heteroatoms. The topological polar surface area (TPSA) is 46.6 Å². The van der Waals surface area contributed by atoms with E-state index in [1.807, 2.05) is 6.92 Å². The molecule has 0 aliphatic heterocycles. The van der Waals surface area contributed by atoms with Gasteiger partial charge in [-0.05, 0) is 43.7 Å². The van der Waals surface area contributed by atoms with E-state index in [4.69, 9.17) is 16.3 Å². The van der Waals surface area contributed by atoms with Gasteiger partial charge >= 0.3 is 5.97 Å². The predicted molar refractivity (Wildman–Crippen MR) is 95.4 cm³/mol. The first-order valence-corrected chi connectivity index (χ1v) is 8.33. The van der Waals surface area contributed by atoms with E-state index in [0.717, 1.165) is 6.07 Å². The van der Waals surface area contributed by atoms with Crippen molar-refractivity contribution in [3.63, 3.8) is 0 Å². The zero-order valence-electron chi connectivity index (χ0n) is 14.0. The molecule has 2 aromatic carbocycles. The van der Waals surface area contributed by atoms with Crippen molar-refractivity contribution in [2.45, 2.75) is 26.3 Å². The van der Waals surface area contributed by atoms with E-state index in [0.29, 0.717) is 17.7 Å². The molecule has 1 atom stereocenters. The van der Waals surface area contributed by atoms with Gasteiger partial charge in [0.05, 0.1) is 11.6 Å². The maximum absolute atomic E-state index is 13.5. The van der Waals surface area contributed by atoms with Crippen LogP contribution in [0.5, 0.6) is 0 Å². The summed E-state index contributed by atoms with van der Waals surface area (Å²) in [6.07, 6.45) is 0.674. The summed E-state index contributed by atoms with van der Waals surface area (Å²) in [7, 11) is 0. The van der Waals surface area contributed by atoms with Crippen molar-refractivity contribution in [2.24, 2.45) is 0 Å². The number of amides is 1. The number of rotatable bonds is 6. The average molecular weight is 364 g/mol. The van der Waals surface area contributed by atoms with Crippen molar-refractivity contribution >= 4 is 29.2 Å². The quantitative estimate of drug-likeness (QED) is 0.711. The van der Waals surface area contributed by atoms with Crippen molar-refractivity contribution in [2.75, 3.05) is 11.5 Å². The summed E-state index contributed by atoms with van der Waals surface area (Å²) in [5.41, 5.74) is 0.722. The van der Waals surface area contributed by atoms with Crippen LogP contribution in [0.4, 0.5) is 10.1 Å². The van der Waals surface area contributed by atoms with Crippen LogP contribution >= 0.6 is 11.6 Å². The summed E-state index contributed by atoms with van der Waals surface area (Å²) in [5, 5.41) is -0.127. The van der Waals surface area contributed by atoms with E-state index in [1.165, 1.54) is 17.0 Å². The zero-order valence-corrected chi connectivity index (χ0v) is 14.8. The van der Waals surface area contributed by atoms with Crippen LogP contribution in [0.3, 0.4) is 0 Å². The number of hydrogen-bond donors (Lipinski definition) is 0. The molecule has 0 unspecified atom stereocenters. The lowest BCUT2D eigenvalue weighted by Gasteiger charge is -2.28. The molecule has 0 fully saturated rings. The zero-order chi connectivity index (χ0) is 18.4. The van der Waals surface area contributed by atoms with Crippen LogP contribution in [0.15, 0.2) is 48.5 Å². The minimum atomic E-state index is -0.888. The smallest absolute Gasteiger partial charge is 0.328 e. The van der Waals surface area contributed by atoms with Gasteiger partial charge in [0.1, 0.15) is 11.9 Å². The molecule has 0 aromatic heterocycles. The SMILES string of the molecule is CCCOC(=O)[C@H](C)N(C(=O)c1ccccc1)c1ccc(F)c(Cl)c1. The van der Waals surface area contributed by atoms with Crippen LogP contribution in [-0.4, -0.2) is 24.5 Å². The second-order valence-corrected chi connectivity index (χ2v) is 5.89. The summed E-state index contributed by atoms with van der Waals surface area (Å²) >= 11 is 5.85. The Morgan fingerprint density at radius 3 is 2.48 bits per heavy atom. The summed E-state index contributed by atoms with van der Waals surface area (Å²) in [6, 6.07) is 11.5. The van der Waals surface area contributed by atoms with Crippen molar-refractivity contribution in [3.05, 3.63) is 64.9 Å². The number of carbonyl (C=O) groups is 2. The highest BCUT2D eigenvalue weighted by Crippen LogP contribution is 2.26. The standard InChI is InChI=1S/C19H19ClFNO3/c1-3-11-25-19(24)13(2)22(15-9-10-17(21)16(20)12-15)18(23)14-7-5-4-6-8-14/h4-10,12-13H,3,11H2,1-2H3/t13-/m0/s1. The van der Waals surface area contributed by atoms with E-state index in [-0.39, 0.29) is 11.6 Å². The fourth-order valence-electron chi connectivity index (χ4n) is 2.30. The first kappa shape index (κ1) is 18.9. The molecule has 4 nitrogen and oxygen atoms in total. The molecule has 1 amide bonds. The number of nitrogens with zero attached hydrogens (tertiary/aromatic N) is 1. The molecule has 0 aliphatic rings. The number of benzene rings is 2. The summed E-state index contributed by atoms with van der Waals surface area (Å²) in [4.78, 5) is 26.5. The molecule has 2 rings (SSSR count). The van der Waals surface area contributed by atoms with Crippen LogP contribution in [-0.2, 0) is 9.53 Å². The molecular formula is C19H19ClFNO3. The minimum absolute atomic E-state index is 0.127. The molecular weight excluding hydrogens is 345 g/mol. The van der Waals surface area contributed by atoms with Gasteiger partial charge in [0.25, 0.3) is 5.91 Å². The molecule has 0 bridgehead atoms. The lowest BCUT2D eigenvalue weighted by molar-refractivity contribution is -0.144. The number of halogens is 2. The van der Waals surface area contributed by atoms with Crippen LogP contribution in [0.25, 0.3) is 0 Å². The van der Waals surface area contributed by atoms with E-state index >= 15 is 0 Å². The molecule has 0 heterocycles. The molecule has 2 aromatic rings. The van der Waals surface area contributed by atoms with Gasteiger partial charge in [-0.2, -0.15) is 0 Å². The monoisotopic (exact) mass is 363 g/mol. The van der Waals surface area contributed by atoms with Gasteiger partial charge in [-0.15, -0.1) is 0 Å². The molecule has 0 saturated heterocycles. The maximum atomic E-state index is 13.5. The molecule has 0 aliphatic carbocycles. The molecule has 0 spiro atoms. The van der Waals surface area contributed by atoms with Crippen molar-refractivity contribution in [1.82, 2.24) is 0 Å². The van der Waals surface area contributed by atoms with Crippen LogP contribution < -0.4 is 4.90 Å². The van der Waals surface area contributed by atoms with Gasteiger partial charge in [-0.3, -0.25) is 9.69 Å².